The molecule has 0 bridgehead atoms. The Bertz CT molecular complexity index is 1260. The average Bonchev–Trinajstić information content (AvgIpc) is 3.04. The molecule has 3 aromatic heterocycles. The molecule has 0 saturated carbocycles. The van der Waals surface area contributed by atoms with Gasteiger partial charge in [-0.25, -0.2) is 9.50 Å². The zero-order chi connectivity index (χ0) is 21.5. The first kappa shape index (κ1) is 20.0. The van der Waals surface area contributed by atoms with Crippen LogP contribution in [0.2, 0.25) is 0 Å². The molecule has 3 heterocycles. The molecule has 0 saturated heterocycles. The van der Waals surface area contributed by atoms with Crippen molar-refractivity contribution >= 4 is 33.3 Å². The van der Waals surface area contributed by atoms with Gasteiger partial charge in [0.1, 0.15) is 0 Å². The van der Waals surface area contributed by atoms with E-state index in [9.17, 15) is 18.0 Å². The van der Waals surface area contributed by atoms with Crippen molar-refractivity contribution in [2.45, 2.75) is 13.1 Å². The fraction of sp³-hybridized carbons (Fsp3) is 0.105. The predicted octanol–water partition coefficient (Wildman–Crippen LogP) is 4.53. The Morgan fingerprint density at radius 1 is 1.17 bits per heavy atom. The Morgan fingerprint density at radius 3 is 2.63 bits per heavy atom. The van der Waals surface area contributed by atoms with E-state index in [0.29, 0.717) is 15.8 Å². The van der Waals surface area contributed by atoms with Gasteiger partial charge in [0, 0.05) is 11.8 Å². The zero-order valence-electron chi connectivity index (χ0n) is 15.3. The molecule has 0 atom stereocenters. The Kier molecular flexibility index (Phi) is 4.98. The SMILES string of the molecule is Cc1nc2c(Br)cc(-c3ccccc3C(F)(F)F)nn2c1C(=O)Nc1cccnn1. The minimum absolute atomic E-state index is 0.0354. The van der Waals surface area contributed by atoms with Crippen LogP contribution in [-0.4, -0.2) is 30.7 Å². The second-order valence-corrected chi connectivity index (χ2v) is 7.12. The molecule has 0 spiro atoms. The quantitative estimate of drug-likeness (QED) is 0.469. The van der Waals surface area contributed by atoms with E-state index < -0.39 is 17.6 Å². The first-order valence-electron chi connectivity index (χ1n) is 8.57. The summed E-state index contributed by atoms with van der Waals surface area (Å²) in [7, 11) is 0. The molecule has 7 nitrogen and oxygen atoms in total. The van der Waals surface area contributed by atoms with Crippen molar-refractivity contribution in [2.75, 3.05) is 5.32 Å². The van der Waals surface area contributed by atoms with E-state index in [1.54, 1.807) is 19.1 Å². The Hall–Kier alpha value is -3.34. The van der Waals surface area contributed by atoms with Crippen LogP contribution in [0, 0.1) is 6.92 Å². The van der Waals surface area contributed by atoms with Crippen LogP contribution >= 0.6 is 15.9 Å². The maximum absolute atomic E-state index is 13.5. The number of halogens is 4. The third-order valence-corrected chi connectivity index (χ3v) is 4.83. The molecule has 152 valence electrons. The summed E-state index contributed by atoms with van der Waals surface area (Å²) in [6, 6.07) is 9.70. The number of amides is 1. The highest BCUT2D eigenvalue weighted by molar-refractivity contribution is 9.10. The minimum Gasteiger partial charge on any atom is -0.304 e. The number of nitrogens with zero attached hydrogens (tertiary/aromatic N) is 5. The number of benzene rings is 1. The molecule has 0 aliphatic heterocycles. The minimum atomic E-state index is -4.56. The lowest BCUT2D eigenvalue weighted by Crippen LogP contribution is -2.18. The summed E-state index contributed by atoms with van der Waals surface area (Å²) in [6.07, 6.45) is -3.10. The van der Waals surface area contributed by atoms with Crippen molar-refractivity contribution in [1.29, 1.82) is 0 Å². The number of hydrogen-bond acceptors (Lipinski definition) is 5. The molecule has 11 heteroatoms. The molecule has 1 N–H and O–H groups in total. The van der Waals surface area contributed by atoms with E-state index in [1.807, 2.05) is 0 Å². The Morgan fingerprint density at radius 2 is 1.93 bits per heavy atom. The molecule has 0 radical (unpaired) electrons. The van der Waals surface area contributed by atoms with Crippen LogP contribution in [0.25, 0.3) is 16.9 Å². The largest absolute Gasteiger partial charge is 0.417 e. The van der Waals surface area contributed by atoms with Crippen molar-refractivity contribution in [3.63, 3.8) is 0 Å². The van der Waals surface area contributed by atoms with Crippen molar-refractivity contribution in [2.24, 2.45) is 0 Å². The molecule has 4 rings (SSSR count). The fourth-order valence-electron chi connectivity index (χ4n) is 2.98. The van der Waals surface area contributed by atoms with Gasteiger partial charge in [-0.05, 0) is 47.1 Å². The third-order valence-electron chi connectivity index (χ3n) is 4.25. The van der Waals surface area contributed by atoms with E-state index in [4.69, 9.17) is 0 Å². The fourth-order valence-corrected chi connectivity index (χ4v) is 3.45. The van der Waals surface area contributed by atoms with Gasteiger partial charge >= 0.3 is 6.18 Å². The maximum atomic E-state index is 13.5. The molecule has 30 heavy (non-hydrogen) atoms. The number of aromatic nitrogens is 5. The van der Waals surface area contributed by atoms with Gasteiger partial charge in [0.25, 0.3) is 5.91 Å². The highest BCUT2D eigenvalue weighted by atomic mass is 79.9. The average molecular weight is 477 g/mol. The molecule has 0 aliphatic carbocycles. The summed E-state index contributed by atoms with van der Waals surface area (Å²) in [5.74, 6) is -0.351. The molecular weight excluding hydrogens is 465 g/mol. The smallest absolute Gasteiger partial charge is 0.304 e. The number of carbonyl (C=O) groups is 1. The van der Waals surface area contributed by atoms with Gasteiger partial charge in [0.15, 0.2) is 17.2 Å². The molecule has 1 amide bonds. The predicted molar refractivity (Wildman–Crippen MR) is 106 cm³/mol. The summed E-state index contributed by atoms with van der Waals surface area (Å²) in [4.78, 5) is 17.1. The standard InChI is InChI=1S/C19H12BrF3N6O/c1-10-16(18(30)26-15-7-4-8-24-27-15)29-17(25-10)13(20)9-14(28-29)11-5-2-3-6-12(11)19(21,22)23/h2-9H,1H3,(H,26,27,30). The number of fused-ring (bicyclic) bond motifs is 1. The lowest BCUT2D eigenvalue weighted by atomic mass is 10.0. The van der Waals surface area contributed by atoms with Gasteiger partial charge in [-0.3, -0.25) is 4.79 Å². The van der Waals surface area contributed by atoms with Gasteiger partial charge in [-0.1, -0.05) is 18.2 Å². The van der Waals surface area contributed by atoms with Gasteiger partial charge < -0.3 is 5.32 Å². The van der Waals surface area contributed by atoms with Crippen LogP contribution < -0.4 is 5.32 Å². The van der Waals surface area contributed by atoms with Gasteiger partial charge in [0.05, 0.1) is 21.4 Å². The monoisotopic (exact) mass is 476 g/mol. The number of imidazole rings is 1. The van der Waals surface area contributed by atoms with Crippen molar-refractivity contribution < 1.29 is 18.0 Å². The number of aryl methyl sites for hydroxylation is 1. The Balaban J connectivity index is 1.87. The molecule has 4 aromatic rings. The Labute approximate surface area is 176 Å². The summed E-state index contributed by atoms with van der Waals surface area (Å²) < 4.78 is 42.0. The van der Waals surface area contributed by atoms with E-state index in [1.165, 1.54) is 35.0 Å². The summed E-state index contributed by atoms with van der Waals surface area (Å²) in [5, 5.41) is 14.4. The van der Waals surface area contributed by atoms with Crippen LogP contribution in [0.4, 0.5) is 19.0 Å². The van der Waals surface area contributed by atoms with Crippen molar-refractivity contribution in [3.05, 3.63) is 70.1 Å². The molecular formula is C19H12BrF3N6O. The lowest BCUT2D eigenvalue weighted by molar-refractivity contribution is -0.137. The second kappa shape index (κ2) is 7.48. The van der Waals surface area contributed by atoms with Crippen LogP contribution in [0.15, 0.2) is 53.1 Å². The molecule has 1 aromatic carbocycles. The van der Waals surface area contributed by atoms with E-state index in [2.05, 4.69) is 41.5 Å². The molecule has 0 aliphatic rings. The van der Waals surface area contributed by atoms with Crippen molar-refractivity contribution in [1.82, 2.24) is 24.8 Å². The number of anilines is 1. The first-order valence-corrected chi connectivity index (χ1v) is 9.36. The summed E-state index contributed by atoms with van der Waals surface area (Å²) in [5.41, 5.74) is -0.183. The van der Waals surface area contributed by atoms with Gasteiger partial charge in [-0.15, -0.1) is 5.10 Å². The summed E-state index contributed by atoms with van der Waals surface area (Å²) in [6.45, 7) is 1.61. The lowest BCUT2D eigenvalue weighted by Gasteiger charge is -2.13. The highest BCUT2D eigenvalue weighted by Gasteiger charge is 2.34. The van der Waals surface area contributed by atoms with Crippen LogP contribution in [0.1, 0.15) is 21.7 Å². The summed E-state index contributed by atoms with van der Waals surface area (Å²) >= 11 is 3.32. The third kappa shape index (κ3) is 3.63. The van der Waals surface area contributed by atoms with E-state index in [0.717, 1.165) is 6.07 Å². The van der Waals surface area contributed by atoms with Gasteiger partial charge in [0.2, 0.25) is 0 Å². The highest BCUT2D eigenvalue weighted by Crippen LogP contribution is 2.37. The first-order chi connectivity index (χ1) is 14.3. The number of hydrogen-bond donors (Lipinski definition) is 1. The normalized spacial score (nSPS) is 11.6. The topological polar surface area (TPSA) is 85.1 Å². The van der Waals surface area contributed by atoms with E-state index >= 15 is 0 Å². The molecule has 0 unspecified atom stereocenters. The van der Waals surface area contributed by atoms with Crippen LogP contribution in [-0.2, 0) is 6.18 Å². The number of rotatable bonds is 3. The number of carbonyl (C=O) groups excluding carboxylic acids is 1. The second-order valence-electron chi connectivity index (χ2n) is 6.27. The van der Waals surface area contributed by atoms with Crippen LogP contribution in [0.3, 0.4) is 0 Å². The van der Waals surface area contributed by atoms with Gasteiger partial charge in [-0.2, -0.15) is 23.4 Å². The van der Waals surface area contributed by atoms with Crippen LogP contribution in [0.5, 0.6) is 0 Å². The van der Waals surface area contributed by atoms with Crippen molar-refractivity contribution in [3.8, 4) is 11.3 Å². The van der Waals surface area contributed by atoms with E-state index in [-0.39, 0.29) is 22.8 Å². The number of nitrogens with one attached hydrogen (secondary N) is 1. The maximum Gasteiger partial charge on any atom is 0.417 e. The number of alkyl halides is 3. The molecule has 0 fully saturated rings. The zero-order valence-corrected chi connectivity index (χ0v) is 16.9.